The third-order valence-electron chi connectivity index (χ3n) is 3.94. The predicted octanol–water partition coefficient (Wildman–Crippen LogP) is 1.60. The van der Waals surface area contributed by atoms with Crippen LogP contribution in [0.2, 0.25) is 0 Å². The van der Waals surface area contributed by atoms with Gasteiger partial charge < -0.3 is 15.4 Å². The number of carbonyl (C=O) groups excluding carboxylic acids is 2. The van der Waals surface area contributed by atoms with Crippen LogP contribution in [0.3, 0.4) is 0 Å². The molecule has 0 saturated heterocycles. The molecule has 1 heterocycles. The lowest BCUT2D eigenvalue weighted by Crippen LogP contribution is -2.41. The van der Waals surface area contributed by atoms with Crippen molar-refractivity contribution in [1.29, 1.82) is 0 Å². The topological polar surface area (TPSA) is 67.4 Å². The van der Waals surface area contributed by atoms with E-state index >= 15 is 0 Å². The number of hydrogen-bond acceptors (Lipinski definition) is 3. The van der Waals surface area contributed by atoms with E-state index in [9.17, 15) is 14.0 Å². The number of benzene rings is 2. The van der Waals surface area contributed by atoms with Gasteiger partial charge in [0.1, 0.15) is 11.6 Å². The summed E-state index contributed by atoms with van der Waals surface area (Å²) in [6.45, 7) is 0.648. The Bertz CT molecular complexity index is 765. The van der Waals surface area contributed by atoms with Crippen molar-refractivity contribution in [3.8, 4) is 5.75 Å². The van der Waals surface area contributed by atoms with E-state index in [2.05, 4.69) is 10.6 Å². The van der Waals surface area contributed by atoms with Crippen molar-refractivity contribution in [3.05, 3.63) is 65.5 Å². The molecular formula is C19H19FN2O3. The van der Waals surface area contributed by atoms with Gasteiger partial charge in [0, 0.05) is 25.1 Å². The van der Waals surface area contributed by atoms with Gasteiger partial charge in [-0.25, -0.2) is 4.39 Å². The number of carbonyl (C=O) groups is 2. The van der Waals surface area contributed by atoms with Crippen LogP contribution in [-0.4, -0.2) is 31.0 Å². The minimum atomic E-state index is -0.656. The highest BCUT2D eigenvalue weighted by Gasteiger charge is 2.29. The summed E-state index contributed by atoms with van der Waals surface area (Å²) in [5, 5.41) is 5.48. The Morgan fingerprint density at radius 2 is 1.84 bits per heavy atom. The molecule has 130 valence electrons. The molecule has 0 bridgehead atoms. The second kappa shape index (κ2) is 7.79. The van der Waals surface area contributed by atoms with Gasteiger partial charge in [-0.05, 0) is 23.8 Å². The highest BCUT2D eigenvalue weighted by atomic mass is 19.1. The standard InChI is InChI=1S/C19H19FN2O3/c20-15-6-7-16-14(11-15)12-17(25-16)19(24)22-9-8-21-18(23)10-13-4-2-1-3-5-13/h1-7,11,17H,8-10,12H2,(H,21,23)(H,22,24)/t17-/m0/s1. The molecule has 6 heteroatoms. The maximum atomic E-state index is 13.2. The van der Waals surface area contributed by atoms with E-state index in [0.717, 1.165) is 5.56 Å². The fourth-order valence-corrected chi connectivity index (χ4v) is 2.71. The van der Waals surface area contributed by atoms with Gasteiger partial charge in [-0.3, -0.25) is 9.59 Å². The minimum absolute atomic E-state index is 0.0968. The third-order valence-corrected chi connectivity index (χ3v) is 3.94. The first-order valence-corrected chi connectivity index (χ1v) is 8.15. The summed E-state index contributed by atoms with van der Waals surface area (Å²) in [7, 11) is 0. The zero-order valence-electron chi connectivity index (χ0n) is 13.6. The molecule has 1 atom stereocenters. The van der Waals surface area contributed by atoms with Crippen LogP contribution < -0.4 is 15.4 Å². The highest BCUT2D eigenvalue weighted by Crippen LogP contribution is 2.29. The molecular weight excluding hydrogens is 323 g/mol. The Kier molecular flexibility index (Phi) is 5.28. The first-order valence-electron chi connectivity index (χ1n) is 8.15. The van der Waals surface area contributed by atoms with E-state index in [1.54, 1.807) is 0 Å². The summed E-state index contributed by atoms with van der Waals surface area (Å²) >= 11 is 0. The number of amides is 2. The number of hydrogen-bond donors (Lipinski definition) is 2. The largest absolute Gasteiger partial charge is 0.480 e. The molecule has 2 aromatic rings. The Hall–Kier alpha value is -2.89. The summed E-state index contributed by atoms with van der Waals surface area (Å²) < 4.78 is 18.7. The second-order valence-electron chi connectivity index (χ2n) is 5.87. The normalized spacial score (nSPS) is 15.2. The van der Waals surface area contributed by atoms with Crippen LogP contribution in [0.1, 0.15) is 11.1 Å². The van der Waals surface area contributed by atoms with Gasteiger partial charge in [0.05, 0.1) is 6.42 Å². The van der Waals surface area contributed by atoms with Crippen molar-refractivity contribution in [2.75, 3.05) is 13.1 Å². The SMILES string of the molecule is O=C(Cc1ccccc1)NCCNC(=O)[C@@H]1Cc2cc(F)ccc2O1. The highest BCUT2D eigenvalue weighted by molar-refractivity contribution is 5.82. The first kappa shape index (κ1) is 17.0. The van der Waals surface area contributed by atoms with Crippen LogP contribution in [0, 0.1) is 5.82 Å². The van der Waals surface area contributed by atoms with Gasteiger partial charge in [0.25, 0.3) is 5.91 Å². The summed E-state index contributed by atoms with van der Waals surface area (Å²) in [4.78, 5) is 23.9. The van der Waals surface area contributed by atoms with Crippen LogP contribution in [0.4, 0.5) is 4.39 Å². The lowest BCUT2D eigenvalue weighted by Gasteiger charge is -2.11. The van der Waals surface area contributed by atoms with E-state index in [1.165, 1.54) is 18.2 Å². The van der Waals surface area contributed by atoms with Gasteiger partial charge in [0.2, 0.25) is 5.91 Å². The molecule has 0 radical (unpaired) electrons. The fourth-order valence-electron chi connectivity index (χ4n) is 2.71. The van der Waals surface area contributed by atoms with Crippen molar-refractivity contribution in [2.24, 2.45) is 0 Å². The molecule has 0 aromatic heterocycles. The first-order chi connectivity index (χ1) is 12.1. The van der Waals surface area contributed by atoms with E-state index in [-0.39, 0.29) is 17.6 Å². The molecule has 1 aliphatic heterocycles. The Morgan fingerprint density at radius 3 is 2.64 bits per heavy atom. The van der Waals surface area contributed by atoms with Crippen molar-refractivity contribution in [1.82, 2.24) is 10.6 Å². The molecule has 0 aliphatic carbocycles. The number of halogens is 1. The molecule has 0 spiro atoms. The average Bonchev–Trinajstić information content (AvgIpc) is 3.02. The van der Waals surface area contributed by atoms with Crippen molar-refractivity contribution in [2.45, 2.75) is 18.9 Å². The van der Waals surface area contributed by atoms with Crippen molar-refractivity contribution < 1.29 is 18.7 Å². The van der Waals surface area contributed by atoms with E-state index in [1.807, 2.05) is 30.3 Å². The third kappa shape index (κ3) is 4.56. The number of nitrogens with one attached hydrogen (secondary N) is 2. The molecule has 25 heavy (non-hydrogen) atoms. The molecule has 5 nitrogen and oxygen atoms in total. The monoisotopic (exact) mass is 342 g/mol. The molecule has 0 unspecified atom stereocenters. The summed E-state index contributed by atoms with van der Waals surface area (Å²) in [6.07, 6.45) is -0.00226. The Balaban J connectivity index is 1.37. The van der Waals surface area contributed by atoms with Crippen LogP contribution in [0.25, 0.3) is 0 Å². The lowest BCUT2D eigenvalue weighted by molar-refractivity contribution is -0.127. The van der Waals surface area contributed by atoms with Gasteiger partial charge >= 0.3 is 0 Å². The molecule has 2 aromatic carbocycles. The van der Waals surface area contributed by atoms with Crippen molar-refractivity contribution >= 4 is 11.8 Å². The minimum Gasteiger partial charge on any atom is -0.480 e. The maximum Gasteiger partial charge on any atom is 0.261 e. The van der Waals surface area contributed by atoms with Gasteiger partial charge in [0.15, 0.2) is 6.10 Å². The number of fused-ring (bicyclic) bond motifs is 1. The zero-order valence-corrected chi connectivity index (χ0v) is 13.6. The summed E-state index contributed by atoms with van der Waals surface area (Å²) in [5.41, 5.74) is 1.63. The lowest BCUT2D eigenvalue weighted by atomic mass is 10.1. The van der Waals surface area contributed by atoms with Gasteiger partial charge in [-0.1, -0.05) is 30.3 Å². The van der Waals surface area contributed by atoms with Crippen LogP contribution >= 0.6 is 0 Å². The zero-order chi connectivity index (χ0) is 17.6. The molecule has 2 N–H and O–H groups in total. The molecule has 2 amide bonds. The van der Waals surface area contributed by atoms with Gasteiger partial charge in [-0.2, -0.15) is 0 Å². The van der Waals surface area contributed by atoms with E-state index < -0.39 is 6.10 Å². The number of rotatable bonds is 6. The fraction of sp³-hybridized carbons (Fsp3) is 0.263. The second-order valence-corrected chi connectivity index (χ2v) is 5.87. The maximum absolute atomic E-state index is 13.2. The molecule has 0 saturated carbocycles. The predicted molar refractivity (Wildman–Crippen MR) is 90.7 cm³/mol. The van der Waals surface area contributed by atoms with E-state index in [0.29, 0.717) is 37.2 Å². The average molecular weight is 342 g/mol. The summed E-state index contributed by atoms with van der Waals surface area (Å²) in [5.74, 6) is -0.170. The van der Waals surface area contributed by atoms with Crippen LogP contribution in [0.15, 0.2) is 48.5 Å². The van der Waals surface area contributed by atoms with E-state index in [4.69, 9.17) is 4.74 Å². The van der Waals surface area contributed by atoms with Crippen LogP contribution in [-0.2, 0) is 22.4 Å². The molecule has 1 aliphatic rings. The van der Waals surface area contributed by atoms with Crippen molar-refractivity contribution in [3.63, 3.8) is 0 Å². The molecule has 3 rings (SSSR count). The summed E-state index contributed by atoms with van der Waals surface area (Å²) in [6, 6.07) is 13.7. The Morgan fingerprint density at radius 1 is 1.08 bits per heavy atom. The van der Waals surface area contributed by atoms with Gasteiger partial charge in [-0.15, -0.1) is 0 Å². The smallest absolute Gasteiger partial charge is 0.261 e. The number of ether oxygens (including phenoxy) is 1. The molecule has 0 fully saturated rings. The Labute approximate surface area is 145 Å². The quantitative estimate of drug-likeness (QED) is 0.784. The van der Waals surface area contributed by atoms with Crippen LogP contribution in [0.5, 0.6) is 5.75 Å².